The van der Waals surface area contributed by atoms with Gasteiger partial charge in [0.2, 0.25) is 11.8 Å². The molecule has 4 nitrogen and oxygen atoms in total. The molecule has 94 valence electrons. The second kappa shape index (κ2) is 4.29. The molecule has 2 heterocycles. The number of carbonyl (C=O) groups excluding carboxylic acids is 2. The molecule has 0 aliphatic carbocycles. The quantitative estimate of drug-likeness (QED) is 0.624. The molecule has 0 spiro atoms. The van der Waals surface area contributed by atoms with Crippen molar-refractivity contribution in [3.05, 3.63) is 35.6 Å². The van der Waals surface area contributed by atoms with Gasteiger partial charge < -0.3 is 4.42 Å². The third kappa shape index (κ3) is 1.89. The summed E-state index contributed by atoms with van der Waals surface area (Å²) in [6.45, 7) is 0. The van der Waals surface area contributed by atoms with E-state index in [-0.39, 0.29) is 17.7 Å². The molecule has 1 aromatic heterocycles. The van der Waals surface area contributed by atoms with Gasteiger partial charge in [-0.05, 0) is 24.6 Å². The van der Waals surface area contributed by atoms with E-state index >= 15 is 0 Å². The van der Waals surface area contributed by atoms with Crippen LogP contribution in [0, 0.1) is 12.3 Å². The smallest absolute Gasteiger partial charge is 0.234 e. The number of hydrogen-bond acceptors (Lipinski definition) is 3. The zero-order valence-corrected chi connectivity index (χ0v) is 10.1. The average Bonchev–Trinajstić information content (AvgIpc) is 2.81. The van der Waals surface area contributed by atoms with Crippen LogP contribution in [-0.2, 0) is 9.59 Å². The molecule has 1 fully saturated rings. The fourth-order valence-corrected chi connectivity index (χ4v) is 2.40. The maximum atomic E-state index is 11.9. The van der Waals surface area contributed by atoms with Crippen LogP contribution in [0.15, 0.2) is 28.9 Å². The minimum Gasteiger partial charge on any atom is -0.464 e. The number of imide groups is 1. The first-order valence-electron chi connectivity index (χ1n) is 6.00. The molecule has 1 atom stereocenters. The van der Waals surface area contributed by atoms with Gasteiger partial charge in [0, 0.05) is 22.9 Å². The van der Waals surface area contributed by atoms with E-state index in [0.717, 1.165) is 16.5 Å². The summed E-state index contributed by atoms with van der Waals surface area (Å²) < 4.78 is 5.46. The van der Waals surface area contributed by atoms with Crippen molar-refractivity contribution in [2.45, 2.75) is 18.8 Å². The average molecular weight is 253 g/mol. The summed E-state index contributed by atoms with van der Waals surface area (Å²) >= 11 is 0. The number of amides is 2. The summed E-state index contributed by atoms with van der Waals surface area (Å²) in [5.41, 5.74) is 2.20. The monoisotopic (exact) mass is 253 g/mol. The van der Waals surface area contributed by atoms with Crippen LogP contribution in [0.1, 0.15) is 29.9 Å². The van der Waals surface area contributed by atoms with Crippen molar-refractivity contribution < 1.29 is 14.0 Å². The fraction of sp³-hybridized carbons (Fsp3) is 0.200. The first-order valence-corrected chi connectivity index (χ1v) is 6.00. The minimum absolute atomic E-state index is 0.219. The summed E-state index contributed by atoms with van der Waals surface area (Å²) in [6, 6.07) is 5.44. The molecule has 1 saturated heterocycles. The number of furan rings is 1. The van der Waals surface area contributed by atoms with Gasteiger partial charge in [-0.1, -0.05) is 5.92 Å². The Balaban J connectivity index is 2.04. The molecule has 3 rings (SSSR count). The molecule has 1 unspecified atom stereocenters. The summed E-state index contributed by atoms with van der Waals surface area (Å²) in [5.74, 6) is 1.72. The molecule has 19 heavy (non-hydrogen) atoms. The lowest BCUT2D eigenvalue weighted by Gasteiger charge is -2.19. The van der Waals surface area contributed by atoms with Gasteiger partial charge in [-0.2, -0.15) is 0 Å². The van der Waals surface area contributed by atoms with E-state index in [1.54, 1.807) is 12.3 Å². The van der Waals surface area contributed by atoms with E-state index in [0.29, 0.717) is 18.4 Å². The van der Waals surface area contributed by atoms with Crippen molar-refractivity contribution in [1.29, 1.82) is 0 Å². The van der Waals surface area contributed by atoms with Crippen LogP contribution in [0.4, 0.5) is 0 Å². The van der Waals surface area contributed by atoms with Gasteiger partial charge in [0.05, 0.1) is 12.2 Å². The Kier molecular flexibility index (Phi) is 2.60. The van der Waals surface area contributed by atoms with Crippen molar-refractivity contribution >= 4 is 22.8 Å². The summed E-state index contributed by atoms with van der Waals surface area (Å²) in [7, 11) is 0. The zero-order valence-electron chi connectivity index (χ0n) is 10.1. The predicted molar refractivity (Wildman–Crippen MR) is 69.3 cm³/mol. The third-order valence-electron chi connectivity index (χ3n) is 3.39. The molecule has 1 aromatic carbocycles. The van der Waals surface area contributed by atoms with Crippen LogP contribution in [0.3, 0.4) is 0 Å². The van der Waals surface area contributed by atoms with E-state index in [9.17, 15) is 9.59 Å². The van der Waals surface area contributed by atoms with E-state index < -0.39 is 0 Å². The normalized spacial score (nSPS) is 19.2. The molecule has 4 heteroatoms. The maximum Gasteiger partial charge on any atom is 0.234 e. The Hall–Kier alpha value is -2.54. The molecule has 1 aliphatic rings. The van der Waals surface area contributed by atoms with Gasteiger partial charge >= 0.3 is 0 Å². The summed E-state index contributed by atoms with van der Waals surface area (Å²) in [5, 5.41) is 3.22. The van der Waals surface area contributed by atoms with Crippen LogP contribution in [0.5, 0.6) is 0 Å². The van der Waals surface area contributed by atoms with Gasteiger partial charge in [0.25, 0.3) is 0 Å². The number of hydrogen-bond donors (Lipinski definition) is 1. The Morgan fingerprint density at radius 1 is 1.37 bits per heavy atom. The molecule has 2 amide bonds. The molecule has 0 bridgehead atoms. The van der Waals surface area contributed by atoms with Crippen molar-refractivity contribution in [2.75, 3.05) is 0 Å². The lowest BCUT2D eigenvalue weighted by Crippen LogP contribution is -2.39. The third-order valence-corrected chi connectivity index (χ3v) is 3.39. The van der Waals surface area contributed by atoms with Gasteiger partial charge in [0.15, 0.2) is 0 Å². The number of fused-ring (bicyclic) bond motifs is 1. The number of rotatable bonds is 1. The first-order chi connectivity index (χ1) is 9.19. The SMILES string of the molecule is C#Cc1ccc2c(C3CCC(=O)NC3=O)coc2c1. The molecular weight excluding hydrogens is 242 g/mol. The number of benzene rings is 1. The van der Waals surface area contributed by atoms with Crippen LogP contribution in [-0.4, -0.2) is 11.8 Å². The van der Waals surface area contributed by atoms with Crippen LogP contribution in [0.2, 0.25) is 0 Å². The van der Waals surface area contributed by atoms with E-state index in [1.165, 1.54) is 0 Å². The second-order valence-corrected chi connectivity index (χ2v) is 4.55. The number of nitrogens with one attached hydrogen (secondary N) is 1. The highest BCUT2D eigenvalue weighted by Crippen LogP contribution is 2.32. The van der Waals surface area contributed by atoms with E-state index in [1.807, 2.05) is 12.1 Å². The standard InChI is InChI=1S/C15H11NO3/c1-2-9-3-4-10-12(8-19-13(10)7-9)11-5-6-14(17)16-15(11)18/h1,3-4,7-8,11H,5-6H2,(H,16,17,18). The highest BCUT2D eigenvalue weighted by Gasteiger charge is 2.30. The Morgan fingerprint density at radius 2 is 2.21 bits per heavy atom. The molecule has 0 radical (unpaired) electrons. The fourth-order valence-electron chi connectivity index (χ4n) is 2.40. The number of carbonyl (C=O) groups is 2. The van der Waals surface area contributed by atoms with Gasteiger partial charge in [-0.25, -0.2) is 0 Å². The second-order valence-electron chi connectivity index (χ2n) is 4.55. The molecular formula is C15H11NO3. The summed E-state index contributed by atoms with van der Waals surface area (Å²) in [4.78, 5) is 23.0. The lowest BCUT2D eigenvalue weighted by molar-refractivity contribution is -0.134. The van der Waals surface area contributed by atoms with Gasteiger partial charge in [-0.3, -0.25) is 14.9 Å². The topological polar surface area (TPSA) is 59.3 Å². The van der Waals surface area contributed by atoms with Crippen LogP contribution < -0.4 is 5.32 Å². The predicted octanol–water partition coefficient (Wildman–Crippen LogP) is 1.93. The number of piperidine rings is 1. The van der Waals surface area contributed by atoms with E-state index in [2.05, 4.69) is 11.2 Å². The van der Waals surface area contributed by atoms with Crippen LogP contribution >= 0.6 is 0 Å². The van der Waals surface area contributed by atoms with Crippen molar-refractivity contribution in [2.24, 2.45) is 0 Å². The van der Waals surface area contributed by atoms with Gasteiger partial charge in [0.1, 0.15) is 5.58 Å². The maximum absolute atomic E-state index is 11.9. The van der Waals surface area contributed by atoms with Gasteiger partial charge in [-0.15, -0.1) is 6.42 Å². The molecule has 2 aromatic rings. The van der Waals surface area contributed by atoms with Crippen LogP contribution in [0.25, 0.3) is 11.0 Å². The van der Waals surface area contributed by atoms with Crippen molar-refractivity contribution in [3.8, 4) is 12.3 Å². The highest BCUT2D eigenvalue weighted by atomic mass is 16.3. The first kappa shape index (κ1) is 11.5. The van der Waals surface area contributed by atoms with E-state index in [4.69, 9.17) is 10.8 Å². The van der Waals surface area contributed by atoms with Crippen molar-refractivity contribution in [3.63, 3.8) is 0 Å². The lowest BCUT2D eigenvalue weighted by atomic mass is 9.90. The Labute approximate surface area is 109 Å². The molecule has 0 saturated carbocycles. The minimum atomic E-state index is -0.337. The van der Waals surface area contributed by atoms with Crippen molar-refractivity contribution in [1.82, 2.24) is 5.32 Å². The largest absolute Gasteiger partial charge is 0.464 e. The number of terminal acetylenes is 1. The molecule has 1 aliphatic heterocycles. The summed E-state index contributed by atoms with van der Waals surface area (Å²) in [6.07, 6.45) is 7.77. The Bertz CT molecular complexity index is 721. The highest BCUT2D eigenvalue weighted by molar-refractivity contribution is 6.02. The zero-order chi connectivity index (χ0) is 13.4. The Morgan fingerprint density at radius 3 is 2.95 bits per heavy atom. The molecule has 1 N–H and O–H groups in total.